The second kappa shape index (κ2) is 11.7. The van der Waals surface area contributed by atoms with Crippen molar-refractivity contribution in [2.24, 2.45) is 17.3 Å². The maximum absolute atomic E-state index is 13.1. The van der Waals surface area contributed by atoms with Gasteiger partial charge in [-0.05, 0) is 50.4 Å². The SMILES string of the molecule is CCCOC(=O)C(CCC1CCCC1)(CCC1CCCC1)C(=O)OCCC. The van der Waals surface area contributed by atoms with Crippen LogP contribution in [0.3, 0.4) is 0 Å². The van der Waals surface area contributed by atoms with Gasteiger partial charge in [-0.1, -0.05) is 65.2 Å². The molecule has 0 aromatic carbocycles. The maximum atomic E-state index is 13.1. The second-order valence-electron chi connectivity index (χ2n) is 8.73. The van der Waals surface area contributed by atoms with E-state index in [0.29, 0.717) is 37.9 Å². The van der Waals surface area contributed by atoms with Crippen molar-refractivity contribution >= 4 is 11.9 Å². The summed E-state index contributed by atoms with van der Waals surface area (Å²) in [6, 6.07) is 0. The van der Waals surface area contributed by atoms with E-state index in [4.69, 9.17) is 9.47 Å². The minimum absolute atomic E-state index is 0.332. The summed E-state index contributed by atoms with van der Waals surface area (Å²) in [6.45, 7) is 4.74. The van der Waals surface area contributed by atoms with Gasteiger partial charge in [0.15, 0.2) is 5.41 Å². The molecule has 2 saturated carbocycles. The molecule has 0 unspecified atom stereocenters. The normalized spacial score (nSPS) is 18.7. The maximum Gasteiger partial charge on any atom is 0.323 e. The van der Waals surface area contributed by atoms with Crippen LogP contribution in [0.1, 0.15) is 104 Å². The van der Waals surface area contributed by atoms with E-state index >= 15 is 0 Å². The van der Waals surface area contributed by atoms with E-state index in [1.807, 2.05) is 13.8 Å². The fraction of sp³-hybridized carbons (Fsp3) is 0.913. The number of hydrogen-bond acceptors (Lipinski definition) is 4. The first-order valence-corrected chi connectivity index (χ1v) is 11.5. The Labute approximate surface area is 165 Å². The third-order valence-corrected chi connectivity index (χ3v) is 6.56. The first kappa shape index (κ1) is 22.2. The second-order valence-corrected chi connectivity index (χ2v) is 8.73. The molecule has 0 heterocycles. The number of esters is 2. The molecule has 0 aliphatic heterocycles. The van der Waals surface area contributed by atoms with Gasteiger partial charge in [0.2, 0.25) is 0 Å². The Morgan fingerprint density at radius 2 is 1.11 bits per heavy atom. The molecule has 2 aliphatic carbocycles. The third-order valence-electron chi connectivity index (χ3n) is 6.56. The van der Waals surface area contributed by atoms with Crippen molar-refractivity contribution in [1.29, 1.82) is 0 Å². The molecule has 2 fully saturated rings. The highest BCUT2D eigenvalue weighted by Crippen LogP contribution is 2.41. The van der Waals surface area contributed by atoms with Crippen LogP contribution in [0.25, 0.3) is 0 Å². The smallest absolute Gasteiger partial charge is 0.323 e. The average molecular weight is 381 g/mol. The fourth-order valence-corrected chi connectivity index (χ4v) is 4.78. The summed E-state index contributed by atoms with van der Waals surface area (Å²) in [4.78, 5) is 26.2. The summed E-state index contributed by atoms with van der Waals surface area (Å²) < 4.78 is 11.1. The monoisotopic (exact) mass is 380 g/mol. The molecular weight excluding hydrogens is 340 g/mol. The summed E-state index contributed by atoms with van der Waals surface area (Å²) in [5.74, 6) is 0.630. The molecule has 4 nitrogen and oxygen atoms in total. The van der Waals surface area contributed by atoms with Crippen molar-refractivity contribution in [3.05, 3.63) is 0 Å². The van der Waals surface area contributed by atoms with Gasteiger partial charge >= 0.3 is 11.9 Å². The lowest BCUT2D eigenvalue weighted by molar-refractivity contribution is -0.174. The van der Waals surface area contributed by atoms with Gasteiger partial charge in [0.1, 0.15) is 0 Å². The number of rotatable bonds is 12. The Hall–Kier alpha value is -1.06. The highest BCUT2D eigenvalue weighted by molar-refractivity contribution is 6.00. The molecule has 0 aromatic heterocycles. The van der Waals surface area contributed by atoms with Crippen LogP contribution in [0.5, 0.6) is 0 Å². The van der Waals surface area contributed by atoms with Gasteiger partial charge in [-0.25, -0.2) is 0 Å². The van der Waals surface area contributed by atoms with Crippen molar-refractivity contribution in [1.82, 2.24) is 0 Å². The summed E-state index contributed by atoms with van der Waals surface area (Å²) in [7, 11) is 0. The molecule has 0 bridgehead atoms. The van der Waals surface area contributed by atoms with Crippen LogP contribution >= 0.6 is 0 Å². The molecule has 0 N–H and O–H groups in total. The lowest BCUT2D eigenvalue weighted by atomic mass is 9.75. The zero-order valence-corrected chi connectivity index (χ0v) is 17.6. The molecule has 0 aromatic rings. The summed E-state index contributed by atoms with van der Waals surface area (Å²) >= 11 is 0. The van der Waals surface area contributed by atoms with Crippen molar-refractivity contribution in [3.63, 3.8) is 0 Å². The Balaban J connectivity index is 2.13. The Morgan fingerprint density at radius 3 is 1.44 bits per heavy atom. The quantitative estimate of drug-likeness (QED) is 0.316. The Morgan fingerprint density at radius 1 is 0.741 bits per heavy atom. The lowest BCUT2D eigenvalue weighted by Crippen LogP contribution is -2.43. The molecule has 0 spiro atoms. The van der Waals surface area contributed by atoms with E-state index in [1.54, 1.807) is 0 Å². The van der Waals surface area contributed by atoms with Gasteiger partial charge in [-0.2, -0.15) is 0 Å². The minimum atomic E-state index is -1.09. The zero-order valence-electron chi connectivity index (χ0n) is 17.6. The topological polar surface area (TPSA) is 52.6 Å². The first-order valence-electron chi connectivity index (χ1n) is 11.5. The highest BCUT2D eigenvalue weighted by atomic mass is 16.6. The van der Waals surface area contributed by atoms with Crippen molar-refractivity contribution in [2.45, 2.75) is 104 Å². The van der Waals surface area contributed by atoms with E-state index in [-0.39, 0.29) is 11.9 Å². The van der Waals surface area contributed by atoms with E-state index in [2.05, 4.69) is 0 Å². The predicted octanol–water partition coefficient (Wildman–Crippen LogP) is 5.82. The van der Waals surface area contributed by atoms with Crippen LogP contribution in [0, 0.1) is 17.3 Å². The van der Waals surface area contributed by atoms with Gasteiger partial charge in [-0.15, -0.1) is 0 Å². The third kappa shape index (κ3) is 6.50. The van der Waals surface area contributed by atoms with Crippen LogP contribution in [0.15, 0.2) is 0 Å². The lowest BCUT2D eigenvalue weighted by Gasteiger charge is -2.31. The predicted molar refractivity (Wildman–Crippen MR) is 107 cm³/mol. The first-order chi connectivity index (χ1) is 13.1. The largest absolute Gasteiger partial charge is 0.465 e. The van der Waals surface area contributed by atoms with E-state index < -0.39 is 5.41 Å². The standard InChI is InChI=1S/C23H40O4/c1-3-17-26-21(24)23(22(25)27-18-4-2,15-13-19-9-5-6-10-19)16-14-20-11-7-8-12-20/h19-20H,3-18H2,1-2H3. The van der Waals surface area contributed by atoms with Crippen LogP contribution in [0.4, 0.5) is 0 Å². The van der Waals surface area contributed by atoms with Gasteiger partial charge in [-0.3, -0.25) is 9.59 Å². The fourth-order valence-electron chi connectivity index (χ4n) is 4.78. The number of carbonyl (C=O) groups is 2. The van der Waals surface area contributed by atoms with Crippen LogP contribution in [0.2, 0.25) is 0 Å². The highest BCUT2D eigenvalue weighted by Gasteiger charge is 2.49. The van der Waals surface area contributed by atoms with Crippen molar-refractivity contribution in [2.75, 3.05) is 13.2 Å². The molecule has 0 atom stereocenters. The molecule has 27 heavy (non-hydrogen) atoms. The molecule has 2 rings (SSSR count). The van der Waals surface area contributed by atoms with Crippen molar-refractivity contribution in [3.8, 4) is 0 Å². The molecule has 2 aliphatic rings. The van der Waals surface area contributed by atoms with Crippen LogP contribution < -0.4 is 0 Å². The van der Waals surface area contributed by atoms with Crippen molar-refractivity contribution < 1.29 is 19.1 Å². The van der Waals surface area contributed by atoms with Crippen LogP contribution in [-0.4, -0.2) is 25.2 Å². The number of hydrogen-bond donors (Lipinski definition) is 0. The molecular formula is C23H40O4. The van der Waals surface area contributed by atoms with Gasteiger partial charge in [0.25, 0.3) is 0 Å². The number of ether oxygens (including phenoxy) is 2. The summed E-state index contributed by atoms with van der Waals surface area (Å²) in [5.41, 5.74) is -1.09. The van der Waals surface area contributed by atoms with E-state index in [1.165, 1.54) is 51.4 Å². The minimum Gasteiger partial charge on any atom is -0.465 e. The van der Waals surface area contributed by atoms with E-state index in [0.717, 1.165) is 25.7 Å². The van der Waals surface area contributed by atoms with Gasteiger partial charge in [0.05, 0.1) is 13.2 Å². The Bertz CT molecular complexity index is 405. The number of carbonyl (C=O) groups excluding carboxylic acids is 2. The molecule has 0 saturated heterocycles. The molecule has 4 heteroatoms. The Kier molecular flexibility index (Phi) is 9.64. The molecule has 0 amide bonds. The average Bonchev–Trinajstić information content (AvgIpc) is 3.38. The van der Waals surface area contributed by atoms with Gasteiger partial charge in [0, 0.05) is 0 Å². The van der Waals surface area contributed by atoms with Crippen LogP contribution in [-0.2, 0) is 19.1 Å². The summed E-state index contributed by atoms with van der Waals surface area (Å²) in [5, 5.41) is 0. The molecule has 156 valence electrons. The summed E-state index contributed by atoms with van der Waals surface area (Å²) in [6.07, 6.45) is 14.6. The van der Waals surface area contributed by atoms with Gasteiger partial charge < -0.3 is 9.47 Å². The zero-order chi connectivity index (χ0) is 19.5. The van der Waals surface area contributed by atoms with E-state index in [9.17, 15) is 9.59 Å². The molecule has 0 radical (unpaired) electrons.